The monoisotopic (exact) mass is 447 g/mol. The zero-order valence-electron chi connectivity index (χ0n) is 20.5. The SMILES string of the molecule is [2H]C1([2H])c2ncccc2C(=O)N1Cc1c(F)cc(-c2cc(F)c(Cl)c3nn(C([2H])([2H])[2H])cc23)cc1F. The van der Waals surface area contributed by atoms with Crippen LogP contribution in [0.2, 0.25) is 5.02 Å². The quantitative estimate of drug-likeness (QED) is 0.450. The molecule has 0 atom stereocenters. The van der Waals surface area contributed by atoms with Crippen LogP contribution in [-0.4, -0.2) is 25.6 Å². The van der Waals surface area contributed by atoms with Gasteiger partial charge in [0.15, 0.2) is 0 Å². The number of benzene rings is 2. The molecule has 4 aromatic rings. The summed E-state index contributed by atoms with van der Waals surface area (Å²) in [4.78, 5) is 17.3. The molecule has 156 valence electrons. The fourth-order valence-corrected chi connectivity index (χ4v) is 3.72. The predicted molar refractivity (Wildman–Crippen MR) is 109 cm³/mol. The summed E-state index contributed by atoms with van der Waals surface area (Å²) in [5.74, 6) is -3.99. The second-order valence-corrected chi connectivity index (χ2v) is 7.25. The van der Waals surface area contributed by atoms with Gasteiger partial charge in [-0.3, -0.25) is 14.5 Å². The fourth-order valence-electron chi connectivity index (χ4n) is 3.52. The zero-order valence-corrected chi connectivity index (χ0v) is 16.2. The van der Waals surface area contributed by atoms with Crippen LogP contribution >= 0.6 is 11.6 Å². The maximum Gasteiger partial charge on any atom is 0.256 e. The molecule has 1 aliphatic rings. The van der Waals surface area contributed by atoms with Crippen LogP contribution in [0.3, 0.4) is 0 Å². The molecule has 0 bridgehead atoms. The standard InChI is InChI=1S/C22H14ClF3N4O/c1-29-8-14-13(7-18(26)20(23)21(14)28-29)11-5-16(24)15(17(25)6-11)9-30-10-19-12(22(30)31)3-2-4-27-19/h2-8H,9-10H2,1H3/i1D3,10D2. The second kappa shape index (κ2) is 7.09. The van der Waals surface area contributed by atoms with E-state index < -0.39 is 54.0 Å². The third-order valence-corrected chi connectivity index (χ3v) is 5.35. The molecule has 0 aliphatic carbocycles. The topological polar surface area (TPSA) is 51.0 Å². The molecular weight excluding hydrogens is 429 g/mol. The van der Waals surface area contributed by atoms with Gasteiger partial charge in [0.1, 0.15) is 28.0 Å². The molecule has 0 saturated carbocycles. The summed E-state index contributed by atoms with van der Waals surface area (Å²) < 4.78 is 84.5. The summed E-state index contributed by atoms with van der Waals surface area (Å²) in [5, 5.41) is 3.41. The number of halogens is 4. The molecule has 1 amide bonds. The Morgan fingerprint density at radius 3 is 2.68 bits per heavy atom. The number of aromatic nitrogens is 3. The largest absolute Gasteiger partial charge is 0.328 e. The normalized spacial score (nSPS) is 17.7. The number of rotatable bonds is 3. The lowest BCUT2D eigenvalue weighted by Gasteiger charge is -2.17. The minimum absolute atomic E-state index is 0.00904. The van der Waals surface area contributed by atoms with Gasteiger partial charge < -0.3 is 4.90 Å². The van der Waals surface area contributed by atoms with Crippen LogP contribution in [0.25, 0.3) is 22.0 Å². The van der Waals surface area contributed by atoms with Crippen molar-refractivity contribution in [2.75, 3.05) is 0 Å². The maximum absolute atomic E-state index is 15.2. The van der Waals surface area contributed by atoms with E-state index in [1.54, 1.807) is 0 Å². The summed E-state index contributed by atoms with van der Waals surface area (Å²) >= 11 is 5.95. The number of amides is 1. The number of carbonyl (C=O) groups is 1. The van der Waals surface area contributed by atoms with E-state index in [4.69, 9.17) is 18.5 Å². The van der Waals surface area contributed by atoms with E-state index in [0.717, 1.165) is 24.4 Å². The number of aryl methyl sites for hydroxylation is 1. The van der Waals surface area contributed by atoms with Crippen LogP contribution in [0.5, 0.6) is 0 Å². The molecule has 2 aromatic heterocycles. The smallest absolute Gasteiger partial charge is 0.256 e. The fraction of sp³-hybridized carbons (Fsp3) is 0.136. The summed E-state index contributed by atoms with van der Waals surface area (Å²) in [7, 11) is 0. The lowest BCUT2D eigenvalue weighted by molar-refractivity contribution is 0.0763. The van der Waals surface area contributed by atoms with Crippen molar-refractivity contribution >= 4 is 28.4 Å². The highest BCUT2D eigenvalue weighted by atomic mass is 35.5. The van der Waals surface area contributed by atoms with Gasteiger partial charge in [0, 0.05) is 34.4 Å². The molecule has 0 spiro atoms. The molecule has 5 rings (SSSR count). The van der Waals surface area contributed by atoms with Gasteiger partial charge in [-0.15, -0.1) is 0 Å². The number of fused-ring (bicyclic) bond motifs is 2. The van der Waals surface area contributed by atoms with E-state index in [2.05, 4.69) is 10.1 Å². The minimum Gasteiger partial charge on any atom is -0.328 e. The lowest BCUT2D eigenvalue weighted by Crippen LogP contribution is -2.24. The van der Waals surface area contributed by atoms with Gasteiger partial charge in [-0.1, -0.05) is 11.6 Å². The molecule has 2 aromatic carbocycles. The van der Waals surface area contributed by atoms with Crippen molar-refractivity contribution in [1.29, 1.82) is 0 Å². The molecule has 0 N–H and O–H groups in total. The van der Waals surface area contributed by atoms with Crippen molar-refractivity contribution in [1.82, 2.24) is 19.7 Å². The molecular formula is C22H14ClF3N4O. The predicted octanol–water partition coefficient (Wildman–Crippen LogP) is 4.86. The van der Waals surface area contributed by atoms with Crippen LogP contribution in [-0.2, 0) is 20.0 Å². The zero-order chi connectivity index (χ0) is 26.2. The number of hydrogen-bond acceptors (Lipinski definition) is 3. The number of carbonyl (C=O) groups excluding carboxylic acids is 1. The number of hydrogen-bond donors (Lipinski definition) is 0. The average molecular weight is 448 g/mol. The lowest BCUT2D eigenvalue weighted by atomic mass is 9.99. The Morgan fingerprint density at radius 2 is 1.97 bits per heavy atom. The number of nitrogens with zero attached hydrogens (tertiary/aromatic N) is 4. The maximum atomic E-state index is 15.2. The van der Waals surface area contributed by atoms with E-state index in [1.165, 1.54) is 18.3 Å². The first kappa shape index (κ1) is 14.6. The van der Waals surface area contributed by atoms with Gasteiger partial charge in [0.05, 0.1) is 27.0 Å². The van der Waals surface area contributed by atoms with Crippen molar-refractivity contribution < 1.29 is 24.8 Å². The van der Waals surface area contributed by atoms with E-state index in [1.807, 2.05) is 0 Å². The van der Waals surface area contributed by atoms with Crippen LogP contribution in [0.15, 0.2) is 42.7 Å². The summed E-state index contributed by atoms with van der Waals surface area (Å²) in [5.41, 5.74) is -1.15. The highest BCUT2D eigenvalue weighted by molar-refractivity contribution is 6.35. The Labute approximate surface area is 186 Å². The molecule has 1 aliphatic heterocycles. The van der Waals surface area contributed by atoms with Crippen LogP contribution < -0.4 is 0 Å². The summed E-state index contributed by atoms with van der Waals surface area (Å²) in [6, 6.07) is 5.50. The van der Waals surface area contributed by atoms with Gasteiger partial charge in [-0.25, -0.2) is 13.2 Å². The van der Waals surface area contributed by atoms with Crippen molar-refractivity contribution in [2.24, 2.45) is 6.98 Å². The van der Waals surface area contributed by atoms with Crippen molar-refractivity contribution in [3.63, 3.8) is 0 Å². The van der Waals surface area contributed by atoms with E-state index in [9.17, 15) is 9.18 Å². The Kier molecular flexibility index (Phi) is 3.34. The van der Waals surface area contributed by atoms with Crippen LogP contribution in [0.1, 0.15) is 28.5 Å². The van der Waals surface area contributed by atoms with Crippen LogP contribution in [0.4, 0.5) is 13.2 Å². The number of pyridine rings is 1. The molecule has 0 unspecified atom stereocenters. The second-order valence-electron chi connectivity index (χ2n) is 6.88. The van der Waals surface area contributed by atoms with Gasteiger partial charge in [0.25, 0.3) is 5.91 Å². The third kappa shape index (κ3) is 3.14. The first-order valence-electron chi connectivity index (χ1n) is 11.4. The molecule has 0 saturated heterocycles. The Morgan fingerprint density at radius 1 is 1.19 bits per heavy atom. The minimum atomic E-state index is -2.70. The molecule has 0 radical (unpaired) electrons. The van der Waals surface area contributed by atoms with Gasteiger partial charge in [-0.2, -0.15) is 5.10 Å². The molecule has 5 nitrogen and oxygen atoms in total. The first-order chi connectivity index (χ1) is 16.8. The highest BCUT2D eigenvalue weighted by Crippen LogP contribution is 2.36. The third-order valence-electron chi connectivity index (χ3n) is 4.99. The van der Waals surface area contributed by atoms with Crippen molar-refractivity contribution in [3.8, 4) is 11.1 Å². The molecule has 0 fully saturated rings. The molecule has 3 heterocycles. The molecule has 31 heavy (non-hydrogen) atoms. The Balaban J connectivity index is 1.58. The molecule has 9 heteroatoms. The highest BCUT2D eigenvalue weighted by Gasteiger charge is 2.30. The van der Waals surface area contributed by atoms with Crippen molar-refractivity contribution in [3.05, 3.63) is 82.0 Å². The Bertz CT molecular complexity index is 1550. The first-order valence-corrected chi connectivity index (χ1v) is 9.32. The summed E-state index contributed by atoms with van der Waals surface area (Å²) in [6.07, 6.45) is 2.39. The summed E-state index contributed by atoms with van der Waals surface area (Å²) in [6.45, 7) is -5.84. The van der Waals surface area contributed by atoms with Gasteiger partial charge >= 0.3 is 0 Å². The van der Waals surface area contributed by atoms with Crippen molar-refractivity contribution in [2.45, 2.75) is 13.0 Å². The van der Waals surface area contributed by atoms with E-state index in [0.29, 0.717) is 9.58 Å². The van der Waals surface area contributed by atoms with Gasteiger partial charge in [0.2, 0.25) is 0 Å². The van der Waals surface area contributed by atoms with E-state index >= 15 is 8.78 Å². The van der Waals surface area contributed by atoms with E-state index in [-0.39, 0.29) is 33.3 Å². The van der Waals surface area contributed by atoms with Gasteiger partial charge in [-0.05, 0) is 41.5 Å². The van der Waals surface area contributed by atoms with Crippen LogP contribution in [0, 0.1) is 17.5 Å². The Hall–Kier alpha value is -3.39. The average Bonchev–Trinajstić information content (AvgIpc) is 3.33.